The molecule has 1 aromatic heterocycles. The predicted octanol–water partition coefficient (Wildman–Crippen LogP) is 4.42. The molecule has 2 aliphatic rings. The molecule has 0 saturated carbocycles. The van der Waals surface area contributed by atoms with E-state index in [9.17, 15) is 9.59 Å². The van der Waals surface area contributed by atoms with Gasteiger partial charge in [-0.05, 0) is 55.0 Å². The SMILES string of the molecule is O=C(Nc1ccc(CC(=O)N2CCSCC2)cc1)c1cccc2c3c([nH]c12)CCCC3. The lowest BCUT2D eigenvalue weighted by molar-refractivity contribution is -0.130. The van der Waals surface area contributed by atoms with Crippen LogP contribution in [0.3, 0.4) is 0 Å². The molecule has 1 aliphatic heterocycles. The Hall–Kier alpha value is -2.73. The first-order valence-corrected chi connectivity index (χ1v) is 12.2. The van der Waals surface area contributed by atoms with Crippen LogP contribution in [0.2, 0.25) is 0 Å². The third-order valence-corrected chi connectivity index (χ3v) is 7.25. The van der Waals surface area contributed by atoms with E-state index in [0.717, 1.165) is 54.2 Å². The highest BCUT2D eigenvalue weighted by molar-refractivity contribution is 7.99. The highest BCUT2D eigenvalue weighted by Crippen LogP contribution is 2.31. The summed E-state index contributed by atoms with van der Waals surface area (Å²) < 4.78 is 0. The molecule has 0 atom stereocenters. The number of rotatable bonds is 4. The summed E-state index contributed by atoms with van der Waals surface area (Å²) in [4.78, 5) is 30.9. The van der Waals surface area contributed by atoms with Crippen LogP contribution in [0.1, 0.15) is 40.0 Å². The lowest BCUT2D eigenvalue weighted by Crippen LogP contribution is -2.38. The van der Waals surface area contributed by atoms with E-state index in [1.807, 2.05) is 53.1 Å². The average molecular weight is 434 g/mol. The van der Waals surface area contributed by atoms with E-state index >= 15 is 0 Å². The molecule has 2 N–H and O–H groups in total. The van der Waals surface area contributed by atoms with Crippen LogP contribution in [0.25, 0.3) is 10.9 Å². The number of hydrogen-bond donors (Lipinski definition) is 2. The van der Waals surface area contributed by atoms with Crippen molar-refractivity contribution in [1.82, 2.24) is 9.88 Å². The van der Waals surface area contributed by atoms with Gasteiger partial charge >= 0.3 is 0 Å². The van der Waals surface area contributed by atoms with Crippen LogP contribution >= 0.6 is 11.8 Å². The smallest absolute Gasteiger partial charge is 0.257 e. The maximum atomic E-state index is 13.0. The molecule has 2 aromatic carbocycles. The fourth-order valence-corrected chi connectivity index (χ4v) is 5.53. The van der Waals surface area contributed by atoms with E-state index in [0.29, 0.717) is 12.0 Å². The minimum atomic E-state index is -0.112. The number of nitrogens with one attached hydrogen (secondary N) is 2. The maximum absolute atomic E-state index is 13.0. The molecule has 0 radical (unpaired) electrons. The fraction of sp³-hybridized carbons (Fsp3) is 0.360. The topological polar surface area (TPSA) is 65.2 Å². The molecule has 31 heavy (non-hydrogen) atoms. The molecule has 6 heteroatoms. The Morgan fingerprint density at radius 2 is 1.77 bits per heavy atom. The van der Waals surface area contributed by atoms with Crippen molar-refractivity contribution < 1.29 is 9.59 Å². The second kappa shape index (κ2) is 8.79. The monoisotopic (exact) mass is 433 g/mol. The molecular weight excluding hydrogens is 406 g/mol. The molecule has 1 aliphatic carbocycles. The van der Waals surface area contributed by atoms with Crippen molar-refractivity contribution in [2.45, 2.75) is 32.1 Å². The summed E-state index contributed by atoms with van der Waals surface area (Å²) in [6, 6.07) is 13.6. The fourth-order valence-electron chi connectivity index (χ4n) is 4.62. The zero-order valence-electron chi connectivity index (χ0n) is 17.6. The first-order chi connectivity index (χ1) is 15.2. The Morgan fingerprint density at radius 1 is 1.00 bits per heavy atom. The summed E-state index contributed by atoms with van der Waals surface area (Å²) in [6.07, 6.45) is 4.96. The van der Waals surface area contributed by atoms with Gasteiger partial charge < -0.3 is 15.2 Å². The molecule has 1 fully saturated rings. The average Bonchev–Trinajstić information content (AvgIpc) is 3.20. The van der Waals surface area contributed by atoms with Gasteiger partial charge in [0.05, 0.1) is 17.5 Å². The normalized spacial score (nSPS) is 16.2. The summed E-state index contributed by atoms with van der Waals surface area (Å²) in [5, 5.41) is 4.19. The number of aromatic nitrogens is 1. The van der Waals surface area contributed by atoms with Gasteiger partial charge in [0, 0.05) is 41.4 Å². The maximum Gasteiger partial charge on any atom is 0.257 e. The Labute approximate surface area is 186 Å². The van der Waals surface area contributed by atoms with Gasteiger partial charge in [-0.1, -0.05) is 24.3 Å². The second-order valence-corrected chi connectivity index (χ2v) is 9.56. The number of nitrogens with zero attached hydrogens (tertiary/aromatic N) is 1. The third kappa shape index (κ3) is 4.22. The first kappa shape index (κ1) is 20.2. The molecule has 0 spiro atoms. The highest BCUT2D eigenvalue weighted by Gasteiger charge is 2.20. The van der Waals surface area contributed by atoms with Crippen LogP contribution in [0.4, 0.5) is 5.69 Å². The van der Waals surface area contributed by atoms with Crippen molar-refractivity contribution in [3.05, 3.63) is 64.8 Å². The van der Waals surface area contributed by atoms with Crippen molar-refractivity contribution in [3.63, 3.8) is 0 Å². The molecular formula is C25H27N3O2S. The Kier molecular flexibility index (Phi) is 5.72. The number of benzene rings is 2. The van der Waals surface area contributed by atoms with E-state index < -0.39 is 0 Å². The quantitative estimate of drug-likeness (QED) is 0.640. The van der Waals surface area contributed by atoms with Gasteiger partial charge in [-0.3, -0.25) is 9.59 Å². The lowest BCUT2D eigenvalue weighted by Gasteiger charge is -2.26. The summed E-state index contributed by atoms with van der Waals surface area (Å²) >= 11 is 1.90. The van der Waals surface area contributed by atoms with Crippen molar-refractivity contribution in [2.75, 3.05) is 29.9 Å². The number of anilines is 1. The zero-order valence-corrected chi connectivity index (χ0v) is 18.4. The van der Waals surface area contributed by atoms with Crippen LogP contribution < -0.4 is 5.32 Å². The third-order valence-electron chi connectivity index (χ3n) is 6.31. The van der Waals surface area contributed by atoms with E-state index in [2.05, 4.69) is 16.4 Å². The summed E-state index contributed by atoms with van der Waals surface area (Å²) in [6.45, 7) is 1.68. The zero-order chi connectivity index (χ0) is 21.2. The van der Waals surface area contributed by atoms with Gasteiger partial charge in [-0.25, -0.2) is 0 Å². The lowest BCUT2D eigenvalue weighted by atomic mass is 9.95. The second-order valence-electron chi connectivity index (χ2n) is 8.34. The number of hydrogen-bond acceptors (Lipinski definition) is 3. The van der Waals surface area contributed by atoms with E-state index in [1.54, 1.807) is 0 Å². The minimum Gasteiger partial charge on any atom is -0.358 e. The number of para-hydroxylation sites is 1. The van der Waals surface area contributed by atoms with Gasteiger partial charge in [0.1, 0.15) is 0 Å². The van der Waals surface area contributed by atoms with Gasteiger partial charge in [-0.15, -0.1) is 0 Å². The summed E-state index contributed by atoms with van der Waals surface area (Å²) in [7, 11) is 0. The van der Waals surface area contributed by atoms with Gasteiger partial charge in [0.25, 0.3) is 5.91 Å². The summed E-state index contributed by atoms with van der Waals surface area (Å²) in [5.74, 6) is 2.11. The highest BCUT2D eigenvalue weighted by atomic mass is 32.2. The van der Waals surface area contributed by atoms with Crippen LogP contribution in [-0.4, -0.2) is 46.3 Å². The number of thioether (sulfide) groups is 1. The molecule has 2 amide bonds. The number of aromatic amines is 1. The van der Waals surface area contributed by atoms with Crippen LogP contribution in [0, 0.1) is 0 Å². The molecule has 0 unspecified atom stereocenters. The van der Waals surface area contributed by atoms with Crippen LogP contribution in [0.5, 0.6) is 0 Å². The standard InChI is InChI=1S/C25H27N3O2S/c29-23(28-12-14-31-15-13-28)16-17-8-10-18(11-9-17)26-25(30)21-6-3-5-20-19-4-1-2-7-22(19)27-24(20)21/h3,5-6,8-11,27H,1-2,4,7,12-16H2,(H,26,30). The molecule has 5 nitrogen and oxygen atoms in total. The number of fused-ring (bicyclic) bond motifs is 3. The van der Waals surface area contributed by atoms with Crippen molar-refractivity contribution >= 4 is 40.2 Å². The number of carbonyl (C=O) groups is 2. The molecule has 0 bridgehead atoms. The Morgan fingerprint density at radius 3 is 2.58 bits per heavy atom. The van der Waals surface area contributed by atoms with Gasteiger partial charge in [-0.2, -0.15) is 11.8 Å². The molecule has 1 saturated heterocycles. The minimum absolute atomic E-state index is 0.112. The van der Waals surface area contributed by atoms with E-state index in [1.165, 1.54) is 29.5 Å². The Bertz CT molecular complexity index is 1110. The van der Waals surface area contributed by atoms with Crippen molar-refractivity contribution in [3.8, 4) is 0 Å². The number of amides is 2. The number of H-pyrrole nitrogens is 1. The predicted molar refractivity (Wildman–Crippen MR) is 127 cm³/mol. The van der Waals surface area contributed by atoms with Crippen molar-refractivity contribution in [2.24, 2.45) is 0 Å². The van der Waals surface area contributed by atoms with E-state index in [-0.39, 0.29) is 11.8 Å². The molecule has 160 valence electrons. The van der Waals surface area contributed by atoms with Gasteiger partial charge in [0.2, 0.25) is 5.91 Å². The van der Waals surface area contributed by atoms with Gasteiger partial charge in [0.15, 0.2) is 0 Å². The summed E-state index contributed by atoms with van der Waals surface area (Å²) in [5.41, 5.74) is 5.98. The molecule has 3 aromatic rings. The first-order valence-electron chi connectivity index (χ1n) is 11.1. The number of aryl methyl sites for hydroxylation is 2. The Balaban J connectivity index is 1.28. The van der Waals surface area contributed by atoms with Crippen LogP contribution in [-0.2, 0) is 24.1 Å². The number of carbonyl (C=O) groups excluding carboxylic acids is 2. The largest absolute Gasteiger partial charge is 0.358 e. The van der Waals surface area contributed by atoms with Crippen molar-refractivity contribution in [1.29, 1.82) is 0 Å². The molecule has 5 rings (SSSR count). The van der Waals surface area contributed by atoms with Crippen LogP contribution in [0.15, 0.2) is 42.5 Å². The van der Waals surface area contributed by atoms with E-state index in [4.69, 9.17) is 0 Å². The molecule has 2 heterocycles.